The molecule has 0 aliphatic carbocycles. The molecule has 49 heavy (non-hydrogen) atoms. The second-order valence-electron chi connectivity index (χ2n) is 11.0. The van der Waals surface area contributed by atoms with Gasteiger partial charge in [0, 0.05) is 63.6 Å². The largest absolute Gasteiger partial charge is 0.496 e. The first-order valence-corrected chi connectivity index (χ1v) is 16.6. The highest BCUT2D eigenvalue weighted by Gasteiger charge is 2.53. The number of anilines is 2. The maximum Gasteiger partial charge on any atom is 0.303 e. The molecule has 16 heteroatoms. The number of amidine groups is 1. The van der Waals surface area contributed by atoms with Crippen LogP contribution in [-0.4, -0.2) is 92.6 Å². The average Bonchev–Trinajstić information content (AvgIpc) is 3.32. The number of carbonyl (C=O) groups is 5. The number of methoxy groups -OCH3 is 1. The summed E-state index contributed by atoms with van der Waals surface area (Å²) in [4.78, 5) is 70.6. The molecule has 0 radical (unpaired) electrons. The van der Waals surface area contributed by atoms with Crippen LogP contribution in [0.25, 0.3) is 6.08 Å². The Morgan fingerprint density at radius 2 is 1.53 bits per heavy atom. The van der Waals surface area contributed by atoms with Gasteiger partial charge in [-0.3, -0.25) is 28.9 Å². The summed E-state index contributed by atoms with van der Waals surface area (Å²) in [6.45, 7) is 4.22. The number of hydrogen-bond acceptors (Lipinski definition) is 14. The van der Waals surface area contributed by atoms with E-state index in [-0.39, 0.29) is 10.9 Å². The van der Waals surface area contributed by atoms with Crippen LogP contribution in [0.3, 0.4) is 0 Å². The summed E-state index contributed by atoms with van der Waals surface area (Å²) in [5, 5.41) is 0.128. The van der Waals surface area contributed by atoms with Crippen molar-refractivity contribution in [3.63, 3.8) is 0 Å². The SMILES string of the molecule is COc1cc(N(C)C)ccc1/C=C1\N=C(S[C@@H]2O[C@H](COC(C)=O)[C@@H](OC(C)=O)[C@H](OC(C)=O)[C@H]2OC(C)=O)N(c2ccc(Br)cc2)C1=O. The molecule has 2 heterocycles. The highest BCUT2D eigenvalue weighted by Crippen LogP contribution is 2.39. The third-order valence-electron chi connectivity index (χ3n) is 7.11. The van der Waals surface area contributed by atoms with Gasteiger partial charge in [-0.15, -0.1) is 0 Å². The van der Waals surface area contributed by atoms with E-state index < -0.39 is 66.2 Å². The number of thioether (sulfide) groups is 1. The van der Waals surface area contributed by atoms with Crippen LogP contribution in [0.2, 0.25) is 0 Å². The lowest BCUT2D eigenvalue weighted by molar-refractivity contribution is -0.237. The van der Waals surface area contributed by atoms with Gasteiger partial charge in [-0.2, -0.15) is 0 Å². The molecule has 4 rings (SSSR count). The van der Waals surface area contributed by atoms with Crippen molar-refractivity contribution in [3.8, 4) is 5.75 Å². The predicted octanol–water partition coefficient (Wildman–Crippen LogP) is 4.08. The van der Waals surface area contributed by atoms with E-state index in [2.05, 4.69) is 20.9 Å². The van der Waals surface area contributed by atoms with E-state index in [1.807, 2.05) is 31.1 Å². The standard InChI is InChI=1S/C33H36BrN3O11S/c1-17(38)44-16-27-28(45-18(2)39)29(46-19(3)40)30(47-20(4)41)32(48-27)49-33-35-25(31(42)37(33)23-12-9-22(34)10-13-23)14-21-8-11-24(36(5)6)15-26(21)43-7/h8-15,27-30,32H,16H2,1-7H3/b25-14-/t27-,28-,29+,30-,32+/m1/s1. The molecule has 0 saturated carbocycles. The fourth-order valence-corrected chi connectivity index (χ4v) is 6.48. The summed E-state index contributed by atoms with van der Waals surface area (Å²) in [7, 11) is 5.31. The first-order valence-electron chi connectivity index (χ1n) is 14.9. The maximum absolute atomic E-state index is 14.1. The Labute approximate surface area is 295 Å². The number of aliphatic imine (C=N–C) groups is 1. The first-order chi connectivity index (χ1) is 23.2. The second kappa shape index (κ2) is 16.3. The molecule has 2 aromatic carbocycles. The van der Waals surface area contributed by atoms with Crippen LogP contribution in [0.1, 0.15) is 33.3 Å². The molecular weight excluding hydrogens is 726 g/mol. The normalized spacial score (nSPS) is 22.7. The summed E-state index contributed by atoms with van der Waals surface area (Å²) in [6, 6.07) is 12.4. The number of carbonyl (C=O) groups excluding carboxylic acids is 5. The summed E-state index contributed by atoms with van der Waals surface area (Å²) in [5.74, 6) is -2.87. The van der Waals surface area contributed by atoms with Gasteiger partial charge in [0.15, 0.2) is 28.9 Å². The fraction of sp³-hybridized carbons (Fsp3) is 0.394. The molecule has 0 N–H and O–H groups in total. The van der Waals surface area contributed by atoms with Crippen LogP contribution in [0.15, 0.2) is 57.6 Å². The fourth-order valence-electron chi connectivity index (χ4n) is 5.03. The van der Waals surface area contributed by atoms with Crippen LogP contribution < -0.4 is 14.5 Å². The van der Waals surface area contributed by atoms with Crippen LogP contribution in [0.5, 0.6) is 5.75 Å². The van der Waals surface area contributed by atoms with E-state index in [4.69, 9.17) is 28.4 Å². The Bertz CT molecular complexity index is 1660. The van der Waals surface area contributed by atoms with Gasteiger partial charge in [0.1, 0.15) is 24.2 Å². The molecule has 2 aromatic rings. The Morgan fingerprint density at radius 1 is 0.918 bits per heavy atom. The Hall–Kier alpha value is -4.41. The summed E-state index contributed by atoms with van der Waals surface area (Å²) in [5.41, 5.74) is 0.792. The van der Waals surface area contributed by atoms with Gasteiger partial charge >= 0.3 is 23.9 Å². The molecule has 5 atom stereocenters. The molecule has 0 unspecified atom stereocenters. The Morgan fingerprint density at radius 3 is 2.10 bits per heavy atom. The van der Waals surface area contributed by atoms with Crippen LogP contribution in [0, 0.1) is 0 Å². The molecule has 262 valence electrons. The van der Waals surface area contributed by atoms with Crippen LogP contribution in [-0.2, 0) is 47.7 Å². The number of esters is 4. The number of halogens is 1. The molecule has 1 fully saturated rings. The monoisotopic (exact) mass is 761 g/mol. The highest BCUT2D eigenvalue weighted by atomic mass is 79.9. The Kier molecular flexibility index (Phi) is 12.5. The summed E-state index contributed by atoms with van der Waals surface area (Å²) in [6.07, 6.45) is -3.65. The number of benzene rings is 2. The van der Waals surface area contributed by atoms with Gasteiger partial charge in [-0.1, -0.05) is 27.7 Å². The van der Waals surface area contributed by atoms with E-state index >= 15 is 0 Å². The van der Waals surface area contributed by atoms with Crippen molar-refractivity contribution >= 4 is 80.1 Å². The van der Waals surface area contributed by atoms with Gasteiger partial charge < -0.3 is 33.3 Å². The lowest BCUT2D eigenvalue weighted by Crippen LogP contribution is -2.61. The minimum Gasteiger partial charge on any atom is -0.496 e. The van der Waals surface area contributed by atoms with E-state index in [0.29, 0.717) is 17.0 Å². The van der Waals surface area contributed by atoms with Gasteiger partial charge in [0.2, 0.25) is 0 Å². The van der Waals surface area contributed by atoms with Crippen molar-refractivity contribution in [2.75, 3.05) is 37.6 Å². The molecule has 2 aliphatic heterocycles. The highest BCUT2D eigenvalue weighted by molar-refractivity contribution is 9.10. The lowest BCUT2D eigenvalue weighted by Gasteiger charge is -2.44. The first kappa shape index (κ1) is 37.4. The van der Waals surface area contributed by atoms with Crippen molar-refractivity contribution in [2.45, 2.75) is 57.5 Å². The second-order valence-corrected chi connectivity index (χ2v) is 13.0. The minimum atomic E-state index is -1.38. The topological polar surface area (TPSA) is 160 Å². The third kappa shape index (κ3) is 9.39. The number of nitrogens with zero attached hydrogens (tertiary/aromatic N) is 3. The third-order valence-corrected chi connectivity index (χ3v) is 8.73. The predicted molar refractivity (Wildman–Crippen MR) is 184 cm³/mol. The zero-order valence-electron chi connectivity index (χ0n) is 27.8. The number of hydrogen-bond donors (Lipinski definition) is 0. The zero-order chi connectivity index (χ0) is 36.0. The van der Waals surface area contributed by atoms with Gasteiger partial charge in [0.05, 0.1) is 12.8 Å². The summed E-state index contributed by atoms with van der Waals surface area (Å²) < 4.78 is 34.5. The van der Waals surface area contributed by atoms with E-state index in [1.165, 1.54) is 18.9 Å². The zero-order valence-corrected chi connectivity index (χ0v) is 30.2. The minimum absolute atomic E-state index is 0.0620. The van der Waals surface area contributed by atoms with Gasteiger partial charge in [-0.25, -0.2) is 4.99 Å². The summed E-state index contributed by atoms with van der Waals surface area (Å²) >= 11 is 4.32. The van der Waals surface area contributed by atoms with Crippen molar-refractivity contribution in [1.82, 2.24) is 0 Å². The Balaban J connectivity index is 1.83. The molecule has 1 amide bonds. The molecule has 2 aliphatic rings. The van der Waals surface area contributed by atoms with Crippen molar-refractivity contribution in [1.29, 1.82) is 0 Å². The quantitative estimate of drug-likeness (QED) is 0.194. The number of rotatable bonds is 10. The molecule has 1 saturated heterocycles. The molecule has 0 bridgehead atoms. The number of amides is 1. The number of ether oxygens (including phenoxy) is 6. The van der Waals surface area contributed by atoms with Crippen molar-refractivity contribution in [2.24, 2.45) is 4.99 Å². The van der Waals surface area contributed by atoms with E-state index in [9.17, 15) is 24.0 Å². The van der Waals surface area contributed by atoms with Gasteiger partial charge in [0.25, 0.3) is 5.91 Å². The van der Waals surface area contributed by atoms with E-state index in [1.54, 1.807) is 36.4 Å². The maximum atomic E-state index is 14.1. The molecular formula is C33H36BrN3O11S. The smallest absolute Gasteiger partial charge is 0.303 e. The van der Waals surface area contributed by atoms with Crippen LogP contribution in [0.4, 0.5) is 11.4 Å². The van der Waals surface area contributed by atoms with E-state index in [0.717, 1.165) is 42.7 Å². The van der Waals surface area contributed by atoms with Crippen molar-refractivity contribution in [3.05, 3.63) is 58.2 Å². The molecule has 0 aromatic heterocycles. The molecule has 0 spiro atoms. The van der Waals surface area contributed by atoms with Crippen molar-refractivity contribution < 1.29 is 52.4 Å². The van der Waals surface area contributed by atoms with Gasteiger partial charge in [-0.05, 0) is 42.5 Å². The lowest BCUT2D eigenvalue weighted by atomic mass is 9.99. The van der Waals surface area contributed by atoms with Crippen LogP contribution >= 0.6 is 27.7 Å². The average molecular weight is 763 g/mol. The molecule has 14 nitrogen and oxygen atoms in total.